The van der Waals surface area contributed by atoms with Crippen molar-refractivity contribution in [1.29, 1.82) is 0 Å². The average molecular weight is 462 g/mol. The van der Waals surface area contributed by atoms with E-state index >= 15 is 0 Å². The Hall–Kier alpha value is -2.58. The minimum atomic E-state index is -3.29. The van der Waals surface area contributed by atoms with Crippen molar-refractivity contribution in [3.8, 4) is 0 Å². The van der Waals surface area contributed by atoms with E-state index in [9.17, 15) is 18.0 Å². The molecule has 0 saturated carbocycles. The molecule has 2 aliphatic rings. The van der Waals surface area contributed by atoms with Gasteiger partial charge in [-0.2, -0.15) is 0 Å². The lowest BCUT2D eigenvalue weighted by Crippen LogP contribution is -2.50. The van der Waals surface area contributed by atoms with Crippen LogP contribution in [-0.2, 0) is 16.3 Å². The smallest absolute Gasteiger partial charge is 0.322 e. The molecule has 2 aromatic carbocycles. The molecule has 1 N–H and O–H groups in total. The third-order valence-electron chi connectivity index (χ3n) is 5.82. The number of hydrogen-bond acceptors (Lipinski definition) is 4. The van der Waals surface area contributed by atoms with Crippen molar-refractivity contribution < 1.29 is 18.0 Å². The number of likely N-dealkylation sites (tertiary alicyclic amines) is 1. The number of anilines is 1. The Labute approximate surface area is 186 Å². The molecule has 4 rings (SSSR count). The third kappa shape index (κ3) is 4.70. The van der Waals surface area contributed by atoms with Crippen molar-refractivity contribution in [3.05, 3.63) is 58.6 Å². The summed E-state index contributed by atoms with van der Waals surface area (Å²) in [5, 5.41) is 3.76. The zero-order chi connectivity index (χ0) is 22.2. The predicted octanol–water partition coefficient (Wildman–Crippen LogP) is 3.12. The highest BCUT2D eigenvalue weighted by Gasteiger charge is 2.29. The molecule has 0 bridgehead atoms. The first-order valence-electron chi connectivity index (χ1n) is 10.2. The first-order chi connectivity index (χ1) is 14.7. The highest BCUT2D eigenvalue weighted by Crippen LogP contribution is 2.30. The summed E-state index contributed by atoms with van der Waals surface area (Å²) < 4.78 is 23.2. The topological polar surface area (TPSA) is 86.8 Å². The summed E-state index contributed by atoms with van der Waals surface area (Å²) in [4.78, 5) is 29.2. The van der Waals surface area contributed by atoms with E-state index in [1.54, 1.807) is 28.0 Å². The lowest BCUT2D eigenvalue weighted by atomic mass is 10.0. The number of nitrogens with zero attached hydrogens (tertiary/aromatic N) is 2. The van der Waals surface area contributed by atoms with Crippen molar-refractivity contribution in [1.82, 2.24) is 10.2 Å². The number of carbonyl (C=O) groups is 2. The molecule has 0 unspecified atom stereocenters. The number of halogens is 1. The molecule has 0 spiro atoms. The molecule has 7 nitrogen and oxygen atoms in total. The molecule has 0 radical (unpaired) electrons. The van der Waals surface area contributed by atoms with Crippen molar-refractivity contribution in [2.75, 3.05) is 30.8 Å². The second kappa shape index (κ2) is 8.51. The Morgan fingerprint density at radius 2 is 1.71 bits per heavy atom. The van der Waals surface area contributed by atoms with Crippen molar-refractivity contribution in [2.24, 2.45) is 0 Å². The summed E-state index contributed by atoms with van der Waals surface area (Å²) in [5.41, 5.74) is 2.43. The van der Waals surface area contributed by atoms with E-state index in [0.29, 0.717) is 43.1 Å². The molecule has 1 fully saturated rings. The summed E-state index contributed by atoms with van der Waals surface area (Å²) in [6.45, 7) is 1.69. The first-order valence-corrected chi connectivity index (χ1v) is 12.4. The Morgan fingerprint density at radius 3 is 2.35 bits per heavy atom. The highest BCUT2D eigenvalue weighted by atomic mass is 35.5. The number of benzene rings is 2. The number of amides is 3. The largest absolute Gasteiger partial charge is 0.338 e. The van der Waals surface area contributed by atoms with Crippen LogP contribution in [0.2, 0.25) is 5.02 Å². The van der Waals surface area contributed by atoms with Crippen LogP contribution in [-0.4, -0.2) is 57.2 Å². The van der Waals surface area contributed by atoms with E-state index in [1.807, 2.05) is 12.1 Å². The molecule has 0 atom stereocenters. The lowest BCUT2D eigenvalue weighted by Gasteiger charge is -2.33. The second-order valence-electron chi connectivity index (χ2n) is 7.99. The van der Waals surface area contributed by atoms with Crippen molar-refractivity contribution >= 4 is 39.1 Å². The quantitative estimate of drug-likeness (QED) is 0.760. The van der Waals surface area contributed by atoms with Gasteiger partial charge in [-0.25, -0.2) is 13.2 Å². The van der Waals surface area contributed by atoms with E-state index in [-0.39, 0.29) is 22.9 Å². The molecular formula is C22H24ClN3O4S. The normalized spacial score (nSPS) is 16.8. The maximum absolute atomic E-state index is 12.8. The van der Waals surface area contributed by atoms with Gasteiger partial charge in [-0.05, 0) is 67.3 Å². The standard InChI is InChI=1S/C22H24ClN3O4S/c1-31(29,30)19-5-2-15(3-6-19)21(27)25-11-9-18(10-12-25)24-22(28)26-13-8-16-14-17(23)4-7-20(16)26/h2-7,14,18H,8-13H2,1H3,(H,24,28). The third-order valence-corrected chi connectivity index (χ3v) is 7.18. The molecule has 1 saturated heterocycles. The summed E-state index contributed by atoms with van der Waals surface area (Å²) >= 11 is 6.04. The fourth-order valence-electron chi connectivity index (χ4n) is 4.09. The first kappa shape index (κ1) is 21.6. The van der Waals surface area contributed by atoms with Crippen molar-refractivity contribution in [2.45, 2.75) is 30.2 Å². The van der Waals surface area contributed by atoms with Crippen LogP contribution in [0, 0.1) is 0 Å². The molecule has 0 aliphatic carbocycles. The molecule has 164 valence electrons. The SMILES string of the molecule is CS(=O)(=O)c1ccc(C(=O)N2CCC(NC(=O)N3CCc4cc(Cl)ccc43)CC2)cc1. The summed E-state index contributed by atoms with van der Waals surface area (Å²) in [5.74, 6) is -0.129. The number of nitrogens with one attached hydrogen (secondary N) is 1. The van der Waals surface area contributed by atoms with Gasteiger partial charge in [-0.15, -0.1) is 0 Å². The van der Waals surface area contributed by atoms with E-state index in [0.717, 1.165) is 23.9 Å². The molecule has 0 aromatic heterocycles. The molecule has 3 amide bonds. The maximum Gasteiger partial charge on any atom is 0.322 e. The van der Waals surface area contributed by atoms with Crippen LogP contribution in [0.15, 0.2) is 47.4 Å². The number of carbonyl (C=O) groups excluding carboxylic acids is 2. The van der Waals surface area contributed by atoms with Gasteiger partial charge < -0.3 is 10.2 Å². The summed E-state index contributed by atoms with van der Waals surface area (Å²) in [6, 6.07) is 11.4. The van der Waals surface area contributed by atoms with Crippen LogP contribution in [0.3, 0.4) is 0 Å². The molecule has 2 aliphatic heterocycles. The van der Waals surface area contributed by atoms with Crippen LogP contribution in [0.5, 0.6) is 0 Å². The van der Waals surface area contributed by atoms with Gasteiger partial charge in [0.15, 0.2) is 9.84 Å². The number of piperidine rings is 1. The van der Waals surface area contributed by atoms with Crippen LogP contribution < -0.4 is 10.2 Å². The fraction of sp³-hybridized carbons (Fsp3) is 0.364. The predicted molar refractivity (Wildman–Crippen MR) is 120 cm³/mol. The monoisotopic (exact) mass is 461 g/mol. The fourth-order valence-corrected chi connectivity index (χ4v) is 4.91. The van der Waals surface area contributed by atoms with Gasteiger partial charge in [0.1, 0.15) is 0 Å². The molecular weight excluding hydrogens is 438 g/mol. The number of sulfone groups is 1. The molecule has 31 heavy (non-hydrogen) atoms. The van der Waals surface area contributed by atoms with E-state index in [2.05, 4.69) is 5.32 Å². The maximum atomic E-state index is 12.8. The van der Waals surface area contributed by atoms with Crippen LogP contribution in [0.1, 0.15) is 28.8 Å². The van der Waals surface area contributed by atoms with Gasteiger partial charge in [-0.1, -0.05) is 11.6 Å². The van der Waals surface area contributed by atoms with Gasteiger partial charge in [0, 0.05) is 48.2 Å². The number of fused-ring (bicyclic) bond motifs is 1. The minimum absolute atomic E-state index is 0.000473. The second-order valence-corrected chi connectivity index (χ2v) is 10.4. The zero-order valence-corrected chi connectivity index (χ0v) is 18.7. The lowest BCUT2D eigenvalue weighted by molar-refractivity contribution is 0.0708. The van der Waals surface area contributed by atoms with Gasteiger partial charge in [0.2, 0.25) is 0 Å². The Bertz CT molecular complexity index is 1110. The zero-order valence-electron chi connectivity index (χ0n) is 17.2. The van der Waals surface area contributed by atoms with Gasteiger partial charge >= 0.3 is 6.03 Å². The highest BCUT2D eigenvalue weighted by molar-refractivity contribution is 7.90. The summed E-state index contributed by atoms with van der Waals surface area (Å²) in [6.07, 6.45) is 3.26. The van der Waals surface area contributed by atoms with E-state index in [1.165, 1.54) is 12.1 Å². The number of hydrogen-bond donors (Lipinski definition) is 1. The average Bonchev–Trinajstić information content (AvgIpc) is 3.16. The number of urea groups is 1. The Morgan fingerprint density at radius 1 is 1.03 bits per heavy atom. The van der Waals surface area contributed by atoms with Gasteiger partial charge in [0.25, 0.3) is 5.91 Å². The van der Waals surface area contributed by atoms with E-state index < -0.39 is 9.84 Å². The summed E-state index contributed by atoms with van der Waals surface area (Å²) in [7, 11) is -3.29. The van der Waals surface area contributed by atoms with Crippen molar-refractivity contribution in [3.63, 3.8) is 0 Å². The number of rotatable bonds is 3. The van der Waals surface area contributed by atoms with Gasteiger partial charge in [-0.3, -0.25) is 9.69 Å². The van der Waals surface area contributed by atoms with Crippen LogP contribution in [0.4, 0.5) is 10.5 Å². The van der Waals surface area contributed by atoms with Crippen LogP contribution in [0.25, 0.3) is 0 Å². The van der Waals surface area contributed by atoms with Gasteiger partial charge in [0.05, 0.1) is 4.90 Å². The molecule has 2 heterocycles. The van der Waals surface area contributed by atoms with E-state index in [4.69, 9.17) is 11.6 Å². The van der Waals surface area contributed by atoms with Crippen LogP contribution >= 0.6 is 11.6 Å². The minimum Gasteiger partial charge on any atom is -0.338 e. The molecule has 2 aromatic rings. The molecule has 9 heteroatoms. The Balaban J connectivity index is 1.32. The Kier molecular flexibility index (Phi) is 5.94.